The molecule has 0 fully saturated rings. The topological polar surface area (TPSA) is 92.5 Å². The monoisotopic (exact) mass is 430 g/mol. The fraction of sp³-hybridized carbons (Fsp3) is 0.200. The van der Waals surface area contributed by atoms with E-state index in [2.05, 4.69) is 30.4 Å². The van der Waals surface area contributed by atoms with Crippen molar-refractivity contribution in [1.82, 2.24) is 30.4 Å². The smallest absolute Gasteiger partial charge is 0.258 e. The first-order valence-corrected chi connectivity index (χ1v) is 8.92. The maximum Gasteiger partial charge on any atom is 0.258 e. The van der Waals surface area contributed by atoms with E-state index in [0.29, 0.717) is 11.7 Å². The zero-order valence-corrected chi connectivity index (χ0v) is 17.3. The molecule has 29 heavy (non-hydrogen) atoms. The van der Waals surface area contributed by atoms with Crippen LogP contribution in [0.25, 0.3) is 34.2 Å². The third-order valence-corrected chi connectivity index (χ3v) is 4.86. The number of imidazole rings is 1. The first kappa shape index (κ1) is 21.0. The number of nitrogens with one attached hydrogen (secondary N) is 2. The lowest BCUT2D eigenvalue weighted by molar-refractivity contribution is 0.432. The zero-order chi connectivity index (χ0) is 18.2. The molecule has 5 rings (SSSR count). The first-order chi connectivity index (χ1) is 13.3. The van der Waals surface area contributed by atoms with E-state index in [4.69, 9.17) is 4.52 Å². The molecule has 0 atom stereocenters. The normalized spacial score (nSPS) is 12.6. The highest BCUT2D eigenvalue weighted by molar-refractivity contribution is 5.85. The van der Waals surface area contributed by atoms with Gasteiger partial charge in [0.25, 0.3) is 5.89 Å². The average Bonchev–Trinajstić information content (AvgIpc) is 3.40. The van der Waals surface area contributed by atoms with E-state index in [0.717, 1.165) is 47.7 Å². The summed E-state index contributed by atoms with van der Waals surface area (Å²) in [5.74, 6) is 1.89. The van der Waals surface area contributed by atoms with Crippen molar-refractivity contribution in [2.24, 2.45) is 0 Å². The highest BCUT2D eigenvalue weighted by Crippen LogP contribution is 2.31. The fourth-order valence-electron chi connectivity index (χ4n) is 3.53. The Kier molecular flexibility index (Phi) is 6.32. The second-order valence-corrected chi connectivity index (χ2v) is 6.59. The number of halogens is 2. The Balaban J connectivity index is 0.00000120. The lowest BCUT2D eigenvalue weighted by Crippen LogP contribution is -2.24. The van der Waals surface area contributed by atoms with Crippen molar-refractivity contribution in [2.45, 2.75) is 19.9 Å². The minimum absolute atomic E-state index is 0. The molecule has 150 valence electrons. The SMILES string of the molecule is Cc1ncc2c(c1-c1noc(-c3cccc(-c4ncc[nH]4)c3)n1)CCNC2.Cl.Cl. The molecular formula is C20H20Cl2N6O. The molecule has 7 nitrogen and oxygen atoms in total. The molecule has 0 unspecified atom stereocenters. The number of hydrogen-bond donors (Lipinski definition) is 2. The molecule has 1 aliphatic heterocycles. The Morgan fingerprint density at radius 2 is 1.97 bits per heavy atom. The molecule has 3 aromatic heterocycles. The highest BCUT2D eigenvalue weighted by Gasteiger charge is 2.21. The maximum atomic E-state index is 5.59. The molecule has 0 amide bonds. The Hall–Kier alpha value is -2.74. The molecule has 4 aromatic rings. The average molecular weight is 431 g/mol. The molecule has 0 aliphatic carbocycles. The van der Waals surface area contributed by atoms with Crippen LogP contribution in [0.5, 0.6) is 0 Å². The first-order valence-electron chi connectivity index (χ1n) is 8.92. The lowest BCUT2D eigenvalue weighted by atomic mass is 9.95. The quantitative estimate of drug-likeness (QED) is 0.510. The number of aryl methyl sites for hydroxylation is 1. The van der Waals surface area contributed by atoms with Crippen LogP contribution in [-0.2, 0) is 13.0 Å². The van der Waals surface area contributed by atoms with Crippen LogP contribution in [0.15, 0.2) is 47.4 Å². The number of H-pyrrole nitrogens is 1. The second-order valence-electron chi connectivity index (χ2n) is 6.59. The summed E-state index contributed by atoms with van der Waals surface area (Å²) in [6, 6.07) is 7.90. The Morgan fingerprint density at radius 1 is 1.10 bits per heavy atom. The van der Waals surface area contributed by atoms with E-state index < -0.39 is 0 Å². The molecule has 0 spiro atoms. The van der Waals surface area contributed by atoms with E-state index in [1.165, 1.54) is 11.1 Å². The van der Waals surface area contributed by atoms with Crippen LogP contribution >= 0.6 is 24.8 Å². The van der Waals surface area contributed by atoms with Crippen LogP contribution in [0, 0.1) is 6.92 Å². The van der Waals surface area contributed by atoms with Crippen molar-refractivity contribution in [3.8, 4) is 34.2 Å². The molecule has 0 saturated carbocycles. The molecule has 2 N–H and O–H groups in total. The minimum atomic E-state index is 0. The van der Waals surface area contributed by atoms with Gasteiger partial charge in [-0.15, -0.1) is 24.8 Å². The number of pyridine rings is 1. The molecule has 0 bridgehead atoms. The van der Waals surface area contributed by atoms with Crippen LogP contribution in [0.3, 0.4) is 0 Å². The number of fused-ring (bicyclic) bond motifs is 1. The van der Waals surface area contributed by atoms with E-state index in [1.807, 2.05) is 37.4 Å². The predicted octanol–water partition coefficient (Wildman–Crippen LogP) is 3.99. The van der Waals surface area contributed by atoms with Gasteiger partial charge < -0.3 is 14.8 Å². The van der Waals surface area contributed by atoms with Crippen LogP contribution in [-0.4, -0.2) is 31.6 Å². The molecular weight excluding hydrogens is 411 g/mol. The second kappa shape index (κ2) is 8.73. The van der Waals surface area contributed by atoms with E-state index in [9.17, 15) is 0 Å². The molecule has 9 heteroatoms. The summed E-state index contributed by atoms with van der Waals surface area (Å²) in [5.41, 5.74) is 6.21. The third-order valence-electron chi connectivity index (χ3n) is 4.86. The minimum Gasteiger partial charge on any atom is -0.345 e. The van der Waals surface area contributed by atoms with Gasteiger partial charge in [0.05, 0.1) is 0 Å². The van der Waals surface area contributed by atoms with Crippen LogP contribution < -0.4 is 5.32 Å². The molecule has 0 saturated heterocycles. The van der Waals surface area contributed by atoms with Gasteiger partial charge in [0.1, 0.15) is 5.82 Å². The van der Waals surface area contributed by atoms with Gasteiger partial charge in [-0.05, 0) is 43.1 Å². The summed E-state index contributed by atoms with van der Waals surface area (Å²) < 4.78 is 5.59. The van der Waals surface area contributed by atoms with Crippen LogP contribution in [0.4, 0.5) is 0 Å². The van der Waals surface area contributed by atoms with Crippen LogP contribution in [0.1, 0.15) is 16.8 Å². The molecule has 4 heterocycles. The number of rotatable bonds is 3. The van der Waals surface area contributed by atoms with Gasteiger partial charge >= 0.3 is 0 Å². The maximum absolute atomic E-state index is 5.59. The van der Waals surface area contributed by atoms with Gasteiger partial charge in [0.15, 0.2) is 0 Å². The third kappa shape index (κ3) is 3.89. The summed E-state index contributed by atoms with van der Waals surface area (Å²) in [6.07, 6.45) is 6.41. The van der Waals surface area contributed by atoms with Crippen molar-refractivity contribution in [3.05, 3.63) is 59.7 Å². The van der Waals surface area contributed by atoms with Crippen molar-refractivity contribution in [2.75, 3.05) is 6.54 Å². The van der Waals surface area contributed by atoms with E-state index in [1.54, 1.807) is 12.4 Å². The summed E-state index contributed by atoms with van der Waals surface area (Å²) in [7, 11) is 0. The van der Waals surface area contributed by atoms with Gasteiger partial charge in [-0.2, -0.15) is 4.98 Å². The summed E-state index contributed by atoms with van der Waals surface area (Å²) in [6.45, 7) is 3.76. The summed E-state index contributed by atoms with van der Waals surface area (Å²) in [4.78, 5) is 16.6. The van der Waals surface area contributed by atoms with Gasteiger partial charge in [-0.25, -0.2) is 4.98 Å². The number of nitrogens with zero attached hydrogens (tertiary/aromatic N) is 4. The van der Waals surface area contributed by atoms with Gasteiger partial charge in [-0.1, -0.05) is 17.3 Å². The van der Waals surface area contributed by atoms with E-state index in [-0.39, 0.29) is 24.8 Å². The number of hydrogen-bond acceptors (Lipinski definition) is 6. The van der Waals surface area contributed by atoms with Crippen molar-refractivity contribution >= 4 is 24.8 Å². The van der Waals surface area contributed by atoms with Gasteiger partial charge in [-0.3, -0.25) is 4.98 Å². The largest absolute Gasteiger partial charge is 0.345 e. The number of benzene rings is 1. The molecule has 0 radical (unpaired) electrons. The molecule has 1 aromatic carbocycles. The van der Waals surface area contributed by atoms with Crippen molar-refractivity contribution in [1.29, 1.82) is 0 Å². The molecule has 1 aliphatic rings. The number of aromatic amines is 1. The fourth-order valence-corrected chi connectivity index (χ4v) is 3.53. The highest BCUT2D eigenvalue weighted by atomic mass is 35.5. The number of aromatic nitrogens is 5. The standard InChI is InChI=1S/C20H18N6O.2ClH/c1-12-17(16-5-6-21-10-15(16)11-24-12)19-25-20(27-26-19)14-4-2-3-13(9-14)18-22-7-8-23-18;;/h2-4,7-9,11,21H,5-6,10H2,1H3,(H,22,23);2*1H. The zero-order valence-electron chi connectivity index (χ0n) is 15.7. The predicted molar refractivity (Wildman–Crippen MR) is 115 cm³/mol. The Morgan fingerprint density at radius 3 is 2.79 bits per heavy atom. The Bertz CT molecular complexity index is 1110. The van der Waals surface area contributed by atoms with Gasteiger partial charge in [0, 0.05) is 47.5 Å². The lowest BCUT2D eigenvalue weighted by Gasteiger charge is -2.19. The van der Waals surface area contributed by atoms with E-state index >= 15 is 0 Å². The van der Waals surface area contributed by atoms with Crippen molar-refractivity contribution < 1.29 is 4.52 Å². The Labute approximate surface area is 180 Å². The van der Waals surface area contributed by atoms with Gasteiger partial charge in [0.2, 0.25) is 5.82 Å². The van der Waals surface area contributed by atoms with Crippen LogP contribution in [0.2, 0.25) is 0 Å². The van der Waals surface area contributed by atoms with Crippen molar-refractivity contribution in [3.63, 3.8) is 0 Å². The summed E-state index contributed by atoms with van der Waals surface area (Å²) in [5, 5.41) is 7.63. The summed E-state index contributed by atoms with van der Waals surface area (Å²) >= 11 is 0.